The molecule has 0 aliphatic heterocycles. The van der Waals surface area contributed by atoms with Crippen molar-refractivity contribution in [3.63, 3.8) is 0 Å². The molecule has 1 aromatic carbocycles. The summed E-state index contributed by atoms with van der Waals surface area (Å²) in [7, 11) is 0. The van der Waals surface area contributed by atoms with Crippen LogP contribution in [-0.4, -0.2) is 11.1 Å². The van der Waals surface area contributed by atoms with E-state index >= 15 is 0 Å². The number of hydrogen-bond acceptors (Lipinski definition) is 2. The minimum Gasteiger partial charge on any atom is -0.478 e. The van der Waals surface area contributed by atoms with Gasteiger partial charge in [0, 0.05) is 4.91 Å². The molecule has 0 aliphatic rings. The number of hydrogen-bond donors (Lipinski definition) is 1. The molecule has 1 aromatic rings. The van der Waals surface area contributed by atoms with Gasteiger partial charge < -0.3 is 5.11 Å². The minimum atomic E-state index is -1.17. The number of carboxylic acids is 1. The van der Waals surface area contributed by atoms with Crippen molar-refractivity contribution in [2.45, 2.75) is 0 Å². The summed E-state index contributed by atoms with van der Waals surface area (Å²) in [6.45, 7) is 0. The summed E-state index contributed by atoms with van der Waals surface area (Å²) in [5.41, 5.74) is 8.09. The van der Waals surface area contributed by atoms with E-state index < -0.39 is 5.97 Å². The second-order valence-electron chi connectivity index (χ2n) is 2.29. The van der Waals surface area contributed by atoms with Gasteiger partial charge >= 0.3 is 5.97 Å². The maximum absolute atomic E-state index is 10.6. The number of halogens is 2. The molecule has 1 rings (SSSR count). The molecule has 0 amide bonds. The lowest BCUT2D eigenvalue weighted by atomic mass is 10.2. The average molecular weight is 232 g/mol. The van der Waals surface area contributed by atoms with Gasteiger partial charge in [-0.25, -0.2) is 4.79 Å². The minimum absolute atomic E-state index is 0.000864. The SMILES string of the molecule is [N-]=[N+]=Nc1cc(C(=O)O)cc(Cl)c1Cl. The highest BCUT2D eigenvalue weighted by molar-refractivity contribution is 6.43. The summed E-state index contributed by atoms with van der Waals surface area (Å²) in [5.74, 6) is -1.17. The molecule has 0 aliphatic carbocycles. The van der Waals surface area contributed by atoms with E-state index in [0.29, 0.717) is 0 Å². The Balaban J connectivity index is 3.42. The molecule has 0 saturated heterocycles. The molecule has 0 bridgehead atoms. The molecule has 72 valence electrons. The first-order chi connectivity index (χ1) is 6.56. The zero-order valence-corrected chi connectivity index (χ0v) is 8.12. The van der Waals surface area contributed by atoms with Crippen molar-refractivity contribution >= 4 is 34.9 Å². The Morgan fingerprint density at radius 3 is 2.64 bits per heavy atom. The fraction of sp³-hybridized carbons (Fsp3) is 0. The molecule has 0 fully saturated rings. The van der Waals surface area contributed by atoms with Crippen LogP contribution in [0.3, 0.4) is 0 Å². The smallest absolute Gasteiger partial charge is 0.335 e. The van der Waals surface area contributed by atoms with Crippen molar-refractivity contribution in [3.05, 3.63) is 38.2 Å². The zero-order valence-electron chi connectivity index (χ0n) is 6.61. The van der Waals surface area contributed by atoms with Crippen molar-refractivity contribution < 1.29 is 9.90 Å². The molecule has 5 nitrogen and oxygen atoms in total. The maximum Gasteiger partial charge on any atom is 0.335 e. The topological polar surface area (TPSA) is 86.1 Å². The monoisotopic (exact) mass is 231 g/mol. The van der Waals surface area contributed by atoms with Gasteiger partial charge in [0.05, 0.1) is 21.3 Å². The third-order valence-electron chi connectivity index (χ3n) is 1.41. The number of carboxylic acid groups (broad SMARTS) is 1. The van der Waals surface area contributed by atoms with E-state index in [2.05, 4.69) is 10.0 Å². The fourth-order valence-corrected chi connectivity index (χ4v) is 1.18. The summed E-state index contributed by atoms with van der Waals surface area (Å²) in [6.07, 6.45) is 0. The lowest BCUT2D eigenvalue weighted by Crippen LogP contribution is -1.95. The van der Waals surface area contributed by atoms with Crippen LogP contribution in [0.5, 0.6) is 0 Å². The van der Waals surface area contributed by atoms with Crippen LogP contribution in [0.25, 0.3) is 10.4 Å². The van der Waals surface area contributed by atoms with Crippen molar-refractivity contribution in [3.8, 4) is 0 Å². The standard InChI is InChI=1S/C7H3Cl2N3O2/c8-4-1-3(7(13)14)2-5(6(4)9)11-12-10/h1-2H,(H,13,14). The Morgan fingerprint density at radius 1 is 1.50 bits per heavy atom. The van der Waals surface area contributed by atoms with E-state index in [9.17, 15) is 4.79 Å². The van der Waals surface area contributed by atoms with Gasteiger partial charge in [0.15, 0.2) is 0 Å². The zero-order chi connectivity index (χ0) is 10.7. The van der Waals surface area contributed by atoms with Crippen molar-refractivity contribution in [1.29, 1.82) is 0 Å². The van der Waals surface area contributed by atoms with E-state index in [1.807, 2.05) is 0 Å². The fourth-order valence-electron chi connectivity index (χ4n) is 0.819. The molecule has 0 radical (unpaired) electrons. The van der Waals surface area contributed by atoms with Gasteiger partial charge in [0.2, 0.25) is 0 Å². The molecule has 0 atom stereocenters. The number of azide groups is 1. The number of benzene rings is 1. The number of nitrogens with zero attached hydrogens (tertiary/aromatic N) is 3. The van der Waals surface area contributed by atoms with E-state index in [-0.39, 0.29) is 21.3 Å². The van der Waals surface area contributed by atoms with Crippen molar-refractivity contribution in [1.82, 2.24) is 0 Å². The first-order valence-corrected chi connectivity index (χ1v) is 4.09. The highest BCUT2D eigenvalue weighted by Crippen LogP contribution is 2.33. The van der Waals surface area contributed by atoms with Gasteiger partial charge in [-0.2, -0.15) is 0 Å². The lowest BCUT2D eigenvalue weighted by Gasteiger charge is -2.01. The van der Waals surface area contributed by atoms with E-state index in [1.54, 1.807) is 0 Å². The summed E-state index contributed by atoms with van der Waals surface area (Å²) >= 11 is 11.3. The average Bonchev–Trinajstić information content (AvgIpc) is 2.12. The van der Waals surface area contributed by atoms with Gasteiger partial charge in [-0.1, -0.05) is 28.3 Å². The van der Waals surface area contributed by atoms with Crippen LogP contribution in [0.2, 0.25) is 10.0 Å². The highest BCUT2D eigenvalue weighted by atomic mass is 35.5. The third kappa shape index (κ3) is 2.09. The molecule has 0 saturated carbocycles. The van der Waals surface area contributed by atoms with Crippen LogP contribution in [0.15, 0.2) is 17.2 Å². The predicted molar refractivity (Wildman–Crippen MR) is 52.2 cm³/mol. The Kier molecular flexibility index (Phi) is 3.19. The van der Waals surface area contributed by atoms with Crippen molar-refractivity contribution in [2.24, 2.45) is 5.11 Å². The maximum atomic E-state index is 10.6. The Morgan fingerprint density at radius 2 is 2.14 bits per heavy atom. The van der Waals surface area contributed by atoms with E-state index in [0.717, 1.165) is 6.07 Å². The molecule has 1 N–H and O–H groups in total. The summed E-state index contributed by atoms with van der Waals surface area (Å²) in [4.78, 5) is 13.1. The van der Waals surface area contributed by atoms with Crippen LogP contribution < -0.4 is 0 Å². The number of aromatic carboxylic acids is 1. The number of carbonyl (C=O) groups is 1. The summed E-state index contributed by atoms with van der Waals surface area (Å²) < 4.78 is 0. The molecule has 0 aromatic heterocycles. The van der Waals surface area contributed by atoms with Gasteiger partial charge in [-0.3, -0.25) is 0 Å². The van der Waals surface area contributed by atoms with Gasteiger partial charge in [0.25, 0.3) is 0 Å². The quantitative estimate of drug-likeness (QED) is 0.479. The van der Waals surface area contributed by atoms with E-state index in [1.165, 1.54) is 6.07 Å². The Bertz CT molecular complexity index is 441. The lowest BCUT2D eigenvalue weighted by molar-refractivity contribution is 0.0697. The molecule has 0 unspecified atom stereocenters. The first-order valence-electron chi connectivity index (χ1n) is 3.33. The molecular formula is C7H3Cl2N3O2. The molecular weight excluding hydrogens is 229 g/mol. The van der Waals surface area contributed by atoms with Gasteiger partial charge in [-0.05, 0) is 17.7 Å². The van der Waals surface area contributed by atoms with Crippen LogP contribution in [0.4, 0.5) is 5.69 Å². The van der Waals surface area contributed by atoms with Crippen molar-refractivity contribution in [2.75, 3.05) is 0 Å². The summed E-state index contributed by atoms with van der Waals surface area (Å²) in [5, 5.41) is 11.9. The molecule has 0 heterocycles. The Labute approximate surface area is 88.5 Å². The van der Waals surface area contributed by atoms with Crippen LogP contribution in [0.1, 0.15) is 10.4 Å². The molecule has 0 spiro atoms. The number of rotatable bonds is 2. The first kappa shape index (κ1) is 10.7. The van der Waals surface area contributed by atoms with E-state index in [4.69, 9.17) is 33.8 Å². The van der Waals surface area contributed by atoms with Gasteiger partial charge in [0.1, 0.15) is 0 Å². The van der Waals surface area contributed by atoms with Crippen LogP contribution in [-0.2, 0) is 0 Å². The van der Waals surface area contributed by atoms with Gasteiger partial charge in [-0.15, -0.1) is 0 Å². The normalized spacial score (nSPS) is 9.29. The second kappa shape index (κ2) is 4.19. The third-order valence-corrected chi connectivity index (χ3v) is 2.20. The second-order valence-corrected chi connectivity index (χ2v) is 3.07. The largest absolute Gasteiger partial charge is 0.478 e. The molecule has 14 heavy (non-hydrogen) atoms. The highest BCUT2D eigenvalue weighted by Gasteiger charge is 2.10. The van der Waals surface area contributed by atoms with Crippen LogP contribution in [0, 0.1) is 0 Å². The van der Waals surface area contributed by atoms with Crippen LogP contribution >= 0.6 is 23.2 Å². The summed E-state index contributed by atoms with van der Waals surface area (Å²) in [6, 6.07) is 2.33. The Hall–Kier alpha value is -1.42. The molecule has 7 heteroatoms. The predicted octanol–water partition coefficient (Wildman–Crippen LogP) is 3.63.